The summed E-state index contributed by atoms with van der Waals surface area (Å²) in [6, 6.07) is 0. The fourth-order valence-electron chi connectivity index (χ4n) is 2.63. The summed E-state index contributed by atoms with van der Waals surface area (Å²) in [5.74, 6) is -2.44. The van der Waals surface area contributed by atoms with Crippen molar-refractivity contribution in [3.8, 4) is 0 Å². The fraction of sp³-hybridized carbons (Fsp3) is 0.609. The molecule has 0 spiro atoms. The molecule has 2 N–H and O–H groups in total. The van der Waals surface area contributed by atoms with Crippen LogP contribution in [0, 0.1) is 5.92 Å². The van der Waals surface area contributed by atoms with Crippen LogP contribution in [0.3, 0.4) is 0 Å². The molecule has 0 heterocycles. The molecule has 0 fully saturated rings. The molecule has 0 aliphatic rings. The van der Waals surface area contributed by atoms with Gasteiger partial charge in [-0.05, 0) is 53.4 Å². The first-order chi connectivity index (χ1) is 14.0. The normalized spacial score (nSPS) is 13.0. The number of hydrogen-bond donors (Lipinski definition) is 2. The molecule has 6 nitrogen and oxygen atoms in total. The second-order valence-corrected chi connectivity index (χ2v) is 8.95. The molecular formula is C23H37NO5S. The molecule has 0 aromatic rings. The average molecular weight is 440 g/mol. The Morgan fingerprint density at radius 1 is 0.933 bits per heavy atom. The first-order valence-corrected chi connectivity index (χ1v) is 11.4. The van der Waals surface area contributed by atoms with E-state index in [0.29, 0.717) is 11.5 Å². The van der Waals surface area contributed by atoms with Gasteiger partial charge in [0.2, 0.25) is 5.91 Å². The van der Waals surface area contributed by atoms with Crippen molar-refractivity contribution in [2.75, 3.05) is 25.1 Å². The molecular weight excluding hydrogens is 402 g/mol. The van der Waals surface area contributed by atoms with Crippen molar-refractivity contribution in [3.05, 3.63) is 34.9 Å². The Morgan fingerprint density at radius 2 is 1.50 bits per heavy atom. The maximum atomic E-state index is 12.0. The molecule has 0 saturated carbocycles. The topological polar surface area (TPSA) is 94.9 Å². The van der Waals surface area contributed by atoms with Gasteiger partial charge in [0.1, 0.15) is 6.54 Å². The van der Waals surface area contributed by atoms with E-state index in [1.807, 2.05) is 0 Å². The van der Waals surface area contributed by atoms with E-state index in [1.165, 1.54) is 35.5 Å². The number of carbonyl (C=O) groups is 3. The number of likely N-dealkylation sites (N-methyl/N-ethyl adjacent to an activating group) is 1. The second kappa shape index (κ2) is 15.8. The van der Waals surface area contributed by atoms with Crippen LogP contribution in [0.1, 0.15) is 59.8 Å². The van der Waals surface area contributed by atoms with Gasteiger partial charge in [-0.1, -0.05) is 34.9 Å². The molecule has 1 atom stereocenters. The van der Waals surface area contributed by atoms with E-state index in [9.17, 15) is 19.5 Å². The lowest BCUT2D eigenvalue weighted by molar-refractivity contribution is -0.146. The van der Waals surface area contributed by atoms with Gasteiger partial charge in [-0.2, -0.15) is 11.8 Å². The molecule has 0 rings (SSSR count). The zero-order valence-electron chi connectivity index (χ0n) is 18.9. The highest BCUT2D eigenvalue weighted by atomic mass is 32.2. The summed E-state index contributed by atoms with van der Waals surface area (Å²) in [6.45, 7) is 8.03. The lowest BCUT2D eigenvalue weighted by Crippen LogP contribution is -2.34. The lowest BCUT2D eigenvalue weighted by atomic mass is 10.1. The third kappa shape index (κ3) is 14.9. The summed E-state index contributed by atoms with van der Waals surface area (Å²) in [5, 5.41) is 18.1. The molecule has 0 bridgehead atoms. The average Bonchev–Trinajstić information content (AvgIpc) is 2.62. The third-order valence-corrected chi connectivity index (χ3v) is 5.60. The summed E-state index contributed by atoms with van der Waals surface area (Å²) in [5.41, 5.74) is 4.01. The predicted octanol–water partition coefficient (Wildman–Crippen LogP) is 4.77. The maximum Gasteiger partial charge on any atom is 0.323 e. The van der Waals surface area contributed by atoms with Crippen LogP contribution in [-0.4, -0.2) is 58.1 Å². The number of allylic oxidation sites excluding steroid dienone is 5. The van der Waals surface area contributed by atoms with E-state index in [-0.39, 0.29) is 6.42 Å². The number of carboxylic acids is 2. The van der Waals surface area contributed by atoms with E-state index in [2.05, 4.69) is 45.9 Å². The molecule has 0 aromatic heterocycles. The zero-order valence-corrected chi connectivity index (χ0v) is 19.8. The number of carboxylic acid groups (broad SMARTS) is 2. The van der Waals surface area contributed by atoms with Crippen molar-refractivity contribution >= 4 is 29.6 Å². The maximum absolute atomic E-state index is 12.0. The molecule has 30 heavy (non-hydrogen) atoms. The van der Waals surface area contributed by atoms with Gasteiger partial charge in [-0.15, -0.1) is 0 Å². The molecule has 1 unspecified atom stereocenters. The van der Waals surface area contributed by atoms with Crippen molar-refractivity contribution in [2.45, 2.75) is 59.8 Å². The summed E-state index contributed by atoms with van der Waals surface area (Å²) < 4.78 is 0. The Morgan fingerprint density at radius 3 is 2.03 bits per heavy atom. The number of amides is 1. The summed E-state index contributed by atoms with van der Waals surface area (Å²) in [6.07, 6.45) is 10.6. The van der Waals surface area contributed by atoms with E-state index >= 15 is 0 Å². The van der Waals surface area contributed by atoms with E-state index in [1.54, 1.807) is 0 Å². The number of rotatable bonds is 15. The number of nitrogens with zero attached hydrogens (tertiary/aromatic N) is 1. The molecule has 0 radical (unpaired) electrons. The Bertz CT molecular complexity index is 663. The second-order valence-electron chi connectivity index (χ2n) is 7.88. The Kier molecular flexibility index (Phi) is 14.7. The van der Waals surface area contributed by atoms with Gasteiger partial charge < -0.3 is 15.1 Å². The van der Waals surface area contributed by atoms with E-state index < -0.39 is 30.3 Å². The van der Waals surface area contributed by atoms with Crippen LogP contribution in [0.4, 0.5) is 0 Å². The Labute approximate surface area is 185 Å². The molecule has 0 aliphatic carbocycles. The minimum Gasteiger partial charge on any atom is -0.481 e. The molecule has 0 aromatic carbocycles. The Balaban J connectivity index is 4.31. The van der Waals surface area contributed by atoms with Crippen molar-refractivity contribution in [1.82, 2.24) is 4.90 Å². The number of carbonyl (C=O) groups excluding carboxylic acids is 1. The van der Waals surface area contributed by atoms with Crippen LogP contribution in [0.15, 0.2) is 34.9 Å². The Hall–Kier alpha value is -2.02. The van der Waals surface area contributed by atoms with Crippen LogP contribution >= 0.6 is 11.8 Å². The number of thioether (sulfide) groups is 1. The quantitative estimate of drug-likeness (QED) is 0.282. The van der Waals surface area contributed by atoms with Gasteiger partial charge in [0, 0.05) is 25.0 Å². The number of aliphatic carboxylic acids is 2. The van der Waals surface area contributed by atoms with Crippen LogP contribution in [-0.2, 0) is 14.4 Å². The van der Waals surface area contributed by atoms with Crippen molar-refractivity contribution < 1.29 is 24.6 Å². The smallest absolute Gasteiger partial charge is 0.323 e. The largest absolute Gasteiger partial charge is 0.481 e. The van der Waals surface area contributed by atoms with E-state index in [0.717, 1.165) is 30.6 Å². The van der Waals surface area contributed by atoms with Crippen molar-refractivity contribution in [1.29, 1.82) is 0 Å². The predicted molar refractivity (Wildman–Crippen MR) is 124 cm³/mol. The van der Waals surface area contributed by atoms with Crippen molar-refractivity contribution in [2.24, 2.45) is 5.92 Å². The first kappa shape index (κ1) is 28.0. The van der Waals surface area contributed by atoms with Crippen LogP contribution in [0.5, 0.6) is 0 Å². The van der Waals surface area contributed by atoms with Gasteiger partial charge in [0.15, 0.2) is 0 Å². The minimum absolute atomic E-state index is 0.189. The fourth-order valence-corrected chi connectivity index (χ4v) is 3.71. The molecule has 0 aliphatic heterocycles. The van der Waals surface area contributed by atoms with Crippen LogP contribution in [0.2, 0.25) is 0 Å². The third-order valence-electron chi connectivity index (χ3n) is 4.56. The molecule has 1 amide bonds. The molecule has 170 valence electrons. The zero-order chi connectivity index (χ0) is 23.1. The standard InChI is InChI=1S/C23H37NO5S/c1-17(2)8-6-9-18(3)10-7-11-19(4)12-13-30-16-20(23(28)29)14-21(25)24(5)15-22(26)27/h8,10,12,20H,6-7,9,11,13-16H2,1-5H3,(H,26,27)(H,28,29)/b18-10+,19-12+. The van der Waals surface area contributed by atoms with Crippen LogP contribution in [0.25, 0.3) is 0 Å². The summed E-state index contributed by atoms with van der Waals surface area (Å²) in [7, 11) is 1.37. The van der Waals surface area contributed by atoms with E-state index in [4.69, 9.17) is 5.11 Å². The molecule has 7 heteroatoms. The van der Waals surface area contributed by atoms with Gasteiger partial charge in [-0.25, -0.2) is 0 Å². The minimum atomic E-state index is -1.12. The van der Waals surface area contributed by atoms with Crippen molar-refractivity contribution in [3.63, 3.8) is 0 Å². The first-order valence-electron chi connectivity index (χ1n) is 10.2. The highest BCUT2D eigenvalue weighted by Gasteiger charge is 2.23. The highest BCUT2D eigenvalue weighted by Crippen LogP contribution is 2.16. The SMILES string of the molecule is CC(C)=CCC/C(C)=C/CC/C(C)=C/CSCC(CC(=O)N(C)CC(=O)O)C(=O)O. The van der Waals surface area contributed by atoms with Gasteiger partial charge in [-0.3, -0.25) is 14.4 Å². The lowest BCUT2D eigenvalue weighted by Gasteiger charge is -2.17. The van der Waals surface area contributed by atoms with Gasteiger partial charge >= 0.3 is 11.9 Å². The number of hydrogen-bond acceptors (Lipinski definition) is 4. The molecule has 0 saturated heterocycles. The summed E-state index contributed by atoms with van der Waals surface area (Å²) >= 11 is 1.47. The monoisotopic (exact) mass is 439 g/mol. The summed E-state index contributed by atoms with van der Waals surface area (Å²) in [4.78, 5) is 35.1. The van der Waals surface area contributed by atoms with Crippen LogP contribution < -0.4 is 0 Å². The van der Waals surface area contributed by atoms with Gasteiger partial charge in [0.05, 0.1) is 5.92 Å². The highest BCUT2D eigenvalue weighted by molar-refractivity contribution is 7.99. The van der Waals surface area contributed by atoms with Gasteiger partial charge in [0.25, 0.3) is 0 Å².